The third-order valence-electron chi connectivity index (χ3n) is 1.95. The minimum atomic E-state index is -0.279. The molecule has 2 rings (SSSR count). The number of thiophene rings is 1. The Morgan fingerprint density at radius 1 is 1.38 bits per heavy atom. The van der Waals surface area contributed by atoms with Gasteiger partial charge in [-0.15, -0.1) is 11.3 Å². The quantitative estimate of drug-likeness (QED) is 0.774. The van der Waals surface area contributed by atoms with E-state index in [2.05, 4.69) is 0 Å². The van der Waals surface area contributed by atoms with E-state index >= 15 is 0 Å². The summed E-state index contributed by atoms with van der Waals surface area (Å²) in [5.74, 6) is -0.279. The van der Waals surface area contributed by atoms with E-state index in [4.69, 9.17) is 5.73 Å². The predicted octanol–water partition coefficient (Wildman–Crippen LogP) is 1.93. The molecule has 1 aromatic carbocycles. The van der Waals surface area contributed by atoms with Gasteiger partial charge in [0.05, 0.1) is 6.42 Å². The molecule has 0 aliphatic heterocycles. The maximum Gasteiger partial charge on any atom is 0.221 e. The topological polar surface area (TPSA) is 43.1 Å². The molecule has 0 atom stereocenters. The molecular formula is C10H9NOS. The molecule has 0 fully saturated rings. The van der Waals surface area contributed by atoms with Crippen LogP contribution in [0, 0.1) is 0 Å². The molecule has 0 saturated carbocycles. The number of hydrogen-bond donors (Lipinski definition) is 1. The van der Waals surface area contributed by atoms with E-state index in [0.29, 0.717) is 6.42 Å². The Labute approximate surface area is 80.0 Å². The zero-order valence-electron chi connectivity index (χ0n) is 6.99. The van der Waals surface area contributed by atoms with Crippen molar-refractivity contribution in [3.63, 3.8) is 0 Å². The fraction of sp³-hybridized carbons (Fsp3) is 0.100. The molecule has 1 amide bonds. The first kappa shape index (κ1) is 8.26. The normalized spacial score (nSPS) is 10.5. The van der Waals surface area contributed by atoms with Crippen molar-refractivity contribution in [2.75, 3.05) is 0 Å². The molecule has 0 aliphatic carbocycles. The van der Waals surface area contributed by atoms with Crippen LogP contribution >= 0.6 is 11.3 Å². The van der Waals surface area contributed by atoms with E-state index in [1.807, 2.05) is 29.6 Å². The Balaban J connectivity index is 2.54. The van der Waals surface area contributed by atoms with Gasteiger partial charge in [-0.1, -0.05) is 12.1 Å². The third-order valence-corrected chi connectivity index (χ3v) is 2.83. The Morgan fingerprint density at radius 3 is 3.00 bits per heavy atom. The van der Waals surface area contributed by atoms with E-state index in [1.165, 1.54) is 4.70 Å². The molecule has 2 nitrogen and oxygen atoms in total. The van der Waals surface area contributed by atoms with Crippen LogP contribution in [0.2, 0.25) is 0 Å². The monoisotopic (exact) mass is 191 g/mol. The van der Waals surface area contributed by atoms with Crippen LogP contribution in [0.4, 0.5) is 0 Å². The van der Waals surface area contributed by atoms with E-state index in [9.17, 15) is 4.79 Å². The molecular weight excluding hydrogens is 182 g/mol. The van der Waals surface area contributed by atoms with Gasteiger partial charge < -0.3 is 5.73 Å². The Hall–Kier alpha value is -1.35. The molecule has 0 radical (unpaired) electrons. The van der Waals surface area contributed by atoms with Gasteiger partial charge in [-0.05, 0) is 28.5 Å². The number of carbonyl (C=O) groups excluding carboxylic acids is 1. The largest absolute Gasteiger partial charge is 0.369 e. The average molecular weight is 191 g/mol. The number of hydrogen-bond acceptors (Lipinski definition) is 2. The lowest BCUT2D eigenvalue weighted by atomic mass is 10.1. The molecule has 3 heteroatoms. The van der Waals surface area contributed by atoms with E-state index in [1.54, 1.807) is 11.3 Å². The van der Waals surface area contributed by atoms with Gasteiger partial charge in [-0.25, -0.2) is 0 Å². The first-order chi connectivity index (χ1) is 6.27. The van der Waals surface area contributed by atoms with Crippen LogP contribution in [0.3, 0.4) is 0 Å². The van der Waals surface area contributed by atoms with Crippen molar-refractivity contribution in [3.05, 3.63) is 35.2 Å². The number of amides is 1. The highest BCUT2D eigenvalue weighted by molar-refractivity contribution is 7.17. The molecule has 0 unspecified atom stereocenters. The maximum absolute atomic E-state index is 10.8. The van der Waals surface area contributed by atoms with Crippen molar-refractivity contribution in [1.82, 2.24) is 0 Å². The van der Waals surface area contributed by atoms with Gasteiger partial charge in [0, 0.05) is 4.70 Å². The highest BCUT2D eigenvalue weighted by atomic mass is 32.1. The molecule has 0 bridgehead atoms. The number of fused-ring (bicyclic) bond motifs is 1. The number of rotatable bonds is 2. The first-order valence-corrected chi connectivity index (χ1v) is 4.89. The average Bonchev–Trinajstić information content (AvgIpc) is 2.51. The standard InChI is InChI=1S/C10H9NOS/c11-10(12)6-7-2-1-3-9-8(7)4-5-13-9/h1-5H,6H2,(H2,11,12). The van der Waals surface area contributed by atoms with E-state index in [0.717, 1.165) is 10.9 Å². The second-order valence-electron chi connectivity index (χ2n) is 2.89. The van der Waals surface area contributed by atoms with Crippen LogP contribution in [0.25, 0.3) is 10.1 Å². The SMILES string of the molecule is NC(=O)Cc1cccc2sccc12. The summed E-state index contributed by atoms with van der Waals surface area (Å²) >= 11 is 1.68. The second kappa shape index (κ2) is 3.18. The summed E-state index contributed by atoms with van der Waals surface area (Å²) in [6.45, 7) is 0. The van der Waals surface area contributed by atoms with Gasteiger partial charge in [-0.3, -0.25) is 4.79 Å². The van der Waals surface area contributed by atoms with E-state index in [-0.39, 0.29) is 5.91 Å². The Kier molecular flexibility index (Phi) is 2.02. The number of nitrogens with two attached hydrogens (primary N) is 1. The lowest BCUT2D eigenvalue weighted by molar-refractivity contribution is -0.117. The summed E-state index contributed by atoms with van der Waals surface area (Å²) in [6, 6.07) is 7.97. The smallest absolute Gasteiger partial charge is 0.221 e. The van der Waals surface area contributed by atoms with Crippen molar-refractivity contribution in [2.45, 2.75) is 6.42 Å². The predicted molar refractivity (Wildman–Crippen MR) is 54.7 cm³/mol. The zero-order valence-corrected chi connectivity index (χ0v) is 7.80. The summed E-state index contributed by atoms with van der Waals surface area (Å²) in [7, 11) is 0. The second-order valence-corrected chi connectivity index (χ2v) is 3.84. The van der Waals surface area contributed by atoms with Crippen LogP contribution in [0.1, 0.15) is 5.56 Å². The summed E-state index contributed by atoms with van der Waals surface area (Å²) in [4.78, 5) is 10.8. The number of benzene rings is 1. The lowest BCUT2D eigenvalue weighted by Crippen LogP contribution is -2.13. The molecule has 1 aromatic heterocycles. The molecule has 13 heavy (non-hydrogen) atoms. The van der Waals surface area contributed by atoms with Gasteiger partial charge in [0.2, 0.25) is 5.91 Å². The molecule has 66 valence electrons. The highest BCUT2D eigenvalue weighted by Crippen LogP contribution is 2.24. The summed E-state index contributed by atoms with van der Waals surface area (Å²) in [5, 5.41) is 3.17. The number of primary amides is 1. The van der Waals surface area contributed by atoms with Gasteiger partial charge in [0.1, 0.15) is 0 Å². The summed E-state index contributed by atoms with van der Waals surface area (Å²) in [6.07, 6.45) is 0.327. The van der Waals surface area contributed by atoms with Crippen LogP contribution in [0.5, 0.6) is 0 Å². The lowest BCUT2D eigenvalue weighted by Gasteiger charge is -1.98. The van der Waals surface area contributed by atoms with Crippen molar-refractivity contribution in [3.8, 4) is 0 Å². The Morgan fingerprint density at radius 2 is 2.23 bits per heavy atom. The van der Waals surface area contributed by atoms with Crippen molar-refractivity contribution < 1.29 is 4.79 Å². The molecule has 1 heterocycles. The Bertz CT molecular complexity index is 447. The van der Waals surface area contributed by atoms with Crippen molar-refractivity contribution in [2.24, 2.45) is 5.73 Å². The van der Waals surface area contributed by atoms with E-state index < -0.39 is 0 Å². The van der Waals surface area contributed by atoms with Crippen LogP contribution in [-0.4, -0.2) is 5.91 Å². The fourth-order valence-electron chi connectivity index (χ4n) is 1.40. The zero-order chi connectivity index (χ0) is 9.26. The van der Waals surface area contributed by atoms with Crippen molar-refractivity contribution in [1.29, 1.82) is 0 Å². The number of carbonyl (C=O) groups is 1. The third kappa shape index (κ3) is 1.55. The van der Waals surface area contributed by atoms with Gasteiger partial charge >= 0.3 is 0 Å². The minimum Gasteiger partial charge on any atom is -0.369 e. The molecule has 0 aliphatic rings. The van der Waals surface area contributed by atoms with Gasteiger partial charge in [0.25, 0.3) is 0 Å². The first-order valence-electron chi connectivity index (χ1n) is 4.01. The summed E-state index contributed by atoms with van der Waals surface area (Å²) < 4.78 is 1.21. The van der Waals surface area contributed by atoms with Crippen LogP contribution in [0.15, 0.2) is 29.6 Å². The molecule has 2 N–H and O–H groups in total. The summed E-state index contributed by atoms with van der Waals surface area (Å²) in [5.41, 5.74) is 6.17. The van der Waals surface area contributed by atoms with Gasteiger partial charge in [0.15, 0.2) is 0 Å². The van der Waals surface area contributed by atoms with Crippen LogP contribution in [-0.2, 0) is 11.2 Å². The fourth-order valence-corrected chi connectivity index (χ4v) is 2.23. The molecule has 0 spiro atoms. The van der Waals surface area contributed by atoms with Gasteiger partial charge in [-0.2, -0.15) is 0 Å². The molecule has 2 aromatic rings. The minimum absolute atomic E-state index is 0.279. The maximum atomic E-state index is 10.8. The van der Waals surface area contributed by atoms with Crippen LogP contribution < -0.4 is 5.73 Å². The molecule has 0 saturated heterocycles. The van der Waals surface area contributed by atoms with Crippen molar-refractivity contribution >= 4 is 27.3 Å². The highest BCUT2D eigenvalue weighted by Gasteiger charge is 2.03.